The fourth-order valence-corrected chi connectivity index (χ4v) is 3.82. The van der Waals surface area contributed by atoms with E-state index in [9.17, 15) is 9.59 Å². The van der Waals surface area contributed by atoms with Gasteiger partial charge >= 0.3 is 6.09 Å². The number of aromatic nitrogens is 1. The molecule has 2 heterocycles. The van der Waals surface area contributed by atoms with E-state index in [1.54, 1.807) is 23.2 Å². The molecule has 1 atom stereocenters. The van der Waals surface area contributed by atoms with Gasteiger partial charge in [-0.3, -0.25) is 4.79 Å². The number of carbonyl (C=O) groups is 2. The summed E-state index contributed by atoms with van der Waals surface area (Å²) in [5.41, 5.74) is 1.92. The Bertz CT molecular complexity index is 747. The highest BCUT2D eigenvalue weighted by atomic mass is 32.1. The molecule has 1 aliphatic heterocycles. The monoisotopic (exact) mass is 373 g/mol. The van der Waals surface area contributed by atoms with Crippen molar-refractivity contribution in [3.63, 3.8) is 0 Å². The summed E-state index contributed by atoms with van der Waals surface area (Å²) in [5, 5.41) is 5.86. The molecule has 1 fully saturated rings. The maximum absolute atomic E-state index is 12.5. The third-order valence-corrected chi connectivity index (χ3v) is 5.27. The van der Waals surface area contributed by atoms with Gasteiger partial charge in [-0.25, -0.2) is 9.78 Å². The Morgan fingerprint density at radius 2 is 2.15 bits per heavy atom. The van der Waals surface area contributed by atoms with Crippen LogP contribution in [-0.2, 0) is 16.1 Å². The van der Waals surface area contributed by atoms with Crippen molar-refractivity contribution in [1.82, 2.24) is 15.2 Å². The maximum Gasteiger partial charge on any atom is 0.409 e. The summed E-state index contributed by atoms with van der Waals surface area (Å²) < 4.78 is 5.03. The predicted octanol–water partition coefficient (Wildman–Crippen LogP) is 3.29. The van der Waals surface area contributed by atoms with Crippen molar-refractivity contribution in [2.24, 2.45) is 5.92 Å². The molecule has 1 N–H and O–H groups in total. The van der Waals surface area contributed by atoms with Gasteiger partial charge in [-0.1, -0.05) is 30.3 Å². The molecule has 2 amide bonds. The molecule has 26 heavy (non-hydrogen) atoms. The lowest BCUT2D eigenvalue weighted by molar-refractivity contribution is -0.126. The van der Waals surface area contributed by atoms with Crippen molar-refractivity contribution in [2.75, 3.05) is 19.7 Å². The summed E-state index contributed by atoms with van der Waals surface area (Å²) in [5.74, 6) is -0.228. The van der Waals surface area contributed by atoms with Gasteiger partial charge in [0.2, 0.25) is 5.91 Å². The fraction of sp³-hybridized carbons (Fsp3) is 0.421. The van der Waals surface area contributed by atoms with E-state index in [2.05, 4.69) is 10.3 Å². The highest BCUT2D eigenvalue weighted by Gasteiger charge is 2.29. The van der Waals surface area contributed by atoms with Gasteiger partial charge < -0.3 is 15.0 Å². The number of ether oxygens (including phenoxy) is 1. The van der Waals surface area contributed by atoms with Gasteiger partial charge in [-0.15, -0.1) is 11.3 Å². The molecule has 7 heteroatoms. The summed E-state index contributed by atoms with van der Waals surface area (Å²) in [4.78, 5) is 30.5. The van der Waals surface area contributed by atoms with Crippen LogP contribution in [0.4, 0.5) is 4.79 Å². The lowest BCUT2D eigenvalue weighted by Crippen LogP contribution is -2.45. The third kappa shape index (κ3) is 4.60. The summed E-state index contributed by atoms with van der Waals surface area (Å²) in [6.45, 7) is 3.59. The van der Waals surface area contributed by atoms with Crippen molar-refractivity contribution in [2.45, 2.75) is 26.3 Å². The molecule has 1 aromatic carbocycles. The zero-order valence-corrected chi connectivity index (χ0v) is 15.6. The van der Waals surface area contributed by atoms with E-state index in [1.165, 1.54) is 0 Å². The number of likely N-dealkylation sites (tertiary alicyclic amines) is 1. The minimum atomic E-state index is -0.336. The average molecular weight is 373 g/mol. The topological polar surface area (TPSA) is 71.5 Å². The first-order valence-corrected chi connectivity index (χ1v) is 9.74. The number of amides is 2. The summed E-state index contributed by atoms with van der Waals surface area (Å²) in [6, 6.07) is 9.98. The molecule has 0 unspecified atom stereocenters. The molecular formula is C19H23N3O3S. The van der Waals surface area contributed by atoms with Crippen molar-refractivity contribution < 1.29 is 14.3 Å². The molecule has 3 rings (SSSR count). The quantitative estimate of drug-likeness (QED) is 0.873. The smallest absolute Gasteiger partial charge is 0.409 e. The number of carbonyl (C=O) groups excluding carboxylic acids is 2. The van der Waals surface area contributed by atoms with E-state index in [-0.39, 0.29) is 17.9 Å². The number of hydrogen-bond acceptors (Lipinski definition) is 5. The summed E-state index contributed by atoms with van der Waals surface area (Å²) in [7, 11) is 0. The SMILES string of the molecule is CCOC(=O)N1CCC[C@@H](C(=O)NCc2csc(-c3ccccc3)n2)C1. The second-order valence-corrected chi connectivity index (χ2v) is 7.07. The van der Waals surface area contributed by atoms with E-state index in [4.69, 9.17) is 4.74 Å². The second kappa shape index (κ2) is 8.80. The molecule has 1 saturated heterocycles. The summed E-state index contributed by atoms with van der Waals surface area (Å²) in [6.07, 6.45) is 1.26. The van der Waals surface area contributed by atoms with Gasteiger partial charge in [-0.05, 0) is 19.8 Å². The van der Waals surface area contributed by atoms with E-state index in [1.807, 2.05) is 35.7 Å². The third-order valence-electron chi connectivity index (χ3n) is 4.33. The molecule has 138 valence electrons. The molecule has 2 aromatic rings. The zero-order valence-electron chi connectivity index (χ0n) is 14.8. The highest BCUT2D eigenvalue weighted by Crippen LogP contribution is 2.23. The van der Waals surface area contributed by atoms with Gasteiger partial charge in [0.05, 0.1) is 24.8 Å². The van der Waals surface area contributed by atoms with Crippen LogP contribution >= 0.6 is 11.3 Å². The summed E-state index contributed by atoms with van der Waals surface area (Å²) >= 11 is 1.57. The zero-order chi connectivity index (χ0) is 18.4. The van der Waals surface area contributed by atoms with E-state index < -0.39 is 0 Å². The number of hydrogen-bond donors (Lipinski definition) is 1. The Morgan fingerprint density at radius 3 is 2.92 bits per heavy atom. The molecule has 0 bridgehead atoms. The van der Waals surface area contributed by atoms with Crippen molar-refractivity contribution in [3.05, 3.63) is 41.4 Å². The standard InChI is InChI=1S/C19H23N3O3S/c1-2-25-19(24)22-10-6-9-15(12-22)17(23)20-11-16-13-26-18(21-16)14-7-4-3-5-8-14/h3-5,7-8,13,15H,2,6,9-12H2,1H3,(H,20,23)/t15-/m1/s1. The van der Waals surface area contributed by atoms with Gasteiger partial charge in [0.1, 0.15) is 5.01 Å². The van der Waals surface area contributed by atoms with Crippen LogP contribution in [0.3, 0.4) is 0 Å². The van der Waals surface area contributed by atoms with Crippen molar-refractivity contribution in [1.29, 1.82) is 0 Å². The van der Waals surface area contributed by atoms with Crippen LogP contribution in [0.15, 0.2) is 35.7 Å². The van der Waals surface area contributed by atoms with Crippen molar-refractivity contribution in [3.8, 4) is 10.6 Å². The van der Waals surface area contributed by atoms with Crippen LogP contribution in [0.2, 0.25) is 0 Å². The number of benzene rings is 1. The number of nitrogens with zero attached hydrogens (tertiary/aromatic N) is 2. The number of piperidine rings is 1. The molecule has 1 aliphatic rings. The van der Waals surface area contributed by atoms with Crippen molar-refractivity contribution >= 4 is 23.3 Å². The van der Waals surface area contributed by atoms with E-state index in [0.717, 1.165) is 29.1 Å². The highest BCUT2D eigenvalue weighted by molar-refractivity contribution is 7.13. The van der Waals surface area contributed by atoms with E-state index in [0.29, 0.717) is 26.2 Å². The number of thiazole rings is 1. The number of nitrogens with one attached hydrogen (secondary N) is 1. The lowest BCUT2D eigenvalue weighted by atomic mass is 9.97. The second-order valence-electron chi connectivity index (χ2n) is 6.21. The molecule has 0 radical (unpaired) electrons. The van der Waals surface area contributed by atoms with Gasteiger partial charge in [0, 0.05) is 24.0 Å². The first-order chi connectivity index (χ1) is 12.7. The van der Waals surface area contributed by atoms with Gasteiger partial charge in [0.15, 0.2) is 0 Å². The Morgan fingerprint density at radius 1 is 1.35 bits per heavy atom. The van der Waals surface area contributed by atoms with Gasteiger partial charge in [-0.2, -0.15) is 0 Å². The Hall–Kier alpha value is -2.41. The normalized spacial score (nSPS) is 17.0. The van der Waals surface area contributed by atoms with E-state index >= 15 is 0 Å². The lowest BCUT2D eigenvalue weighted by Gasteiger charge is -2.31. The molecule has 1 aromatic heterocycles. The predicted molar refractivity (Wildman–Crippen MR) is 101 cm³/mol. The molecule has 6 nitrogen and oxygen atoms in total. The van der Waals surface area contributed by atoms with Gasteiger partial charge in [0.25, 0.3) is 0 Å². The minimum Gasteiger partial charge on any atom is -0.450 e. The van der Waals surface area contributed by atoms with Crippen LogP contribution in [0.5, 0.6) is 0 Å². The number of rotatable bonds is 5. The first kappa shape index (κ1) is 18.4. The molecule has 0 spiro atoms. The largest absolute Gasteiger partial charge is 0.450 e. The van der Waals surface area contributed by atoms with Crippen LogP contribution in [-0.4, -0.2) is 41.6 Å². The minimum absolute atomic E-state index is 0.0340. The Balaban J connectivity index is 1.52. The Labute approximate surface area is 157 Å². The van der Waals surface area contributed by atoms with Crippen LogP contribution in [0.1, 0.15) is 25.5 Å². The fourth-order valence-electron chi connectivity index (χ4n) is 3.00. The molecule has 0 aliphatic carbocycles. The van der Waals surface area contributed by atoms with Crippen LogP contribution in [0, 0.1) is 5.92 Å². The molecule has 0 saturated carbocycles. The Kier molecular flexibility index (Phi) is 6.22. The average Bonchev–Trinajstić information content (AvgIpc) is 3.16. The van der Waals surface area contributed by atoms with Crippen LogP contribution < -0.4 is 5.32 Å². The maximum atomic E-state index is 12.5. The first-order valence-electron chi connectivity index (χ1n) is 8.86. The van der Waals surface area contributed by atoms with Crippen LogP contribution in [0.25, 0.3) is 10.6 Å². The molecular weight excluding hydrogens is 350 g/mol.